The fourth-order valence-corrected chi connectivity index (χ4v) is 1.90. The van der Waals surface area contributed by atoms with Gasteiger partial charge in [0.15, 0.2) is 0 Å². The molecule has 0 saturated heterocycles. The third-order valence-corrected chi connectivity index (χ3v) is 2.69. The van der Waals surface area contributed by atoms with E-state index >= 15 is 0 Å². The van der Waals surface area contributed by atoms with Crippen LogP contribution in [0, 0.1) is 5.41 Å². The van der Waals surface area contributed by atoms with E-state index in [1.807, 2.05) is 25.7 Å². The Morgan fingerprint density at radius 2 is 1.67 bits per heavy atom. The Morgan fingerprint density at radius 1 is 1.17 bits per heavy atom. The first kappa shape index (κ1) is 17.2. The van der Waals surface area contributed by atoms with Crippen LogP contribution in [-0.4, -0.2) is 29.4 Å². The van der Waals surface area contributed by atoms with Crippen LogP contribution in [0.3, 0.4) is 0 Å². The molecule has 0 bridgehead atoms. The van der Waals surface area contributed by atoms with Crippen molar-refractivity contribution in [3.05, 3.63) is 12.2 Å². The van der Waals surface area contributed by atoms with Crippen molar-refractivity contribution in [3.63, 3.8) is 0 Å². The lowest BCUT2D eigenvalue weighted by Gasteiger charge is -2.37. The number of rotatable bonds is 5. The van der Waals surface area contributed by atoms with Gasteiger partial charge in [-0.25, -0.2) is 0 Å². The summed E-state index contributed by atoms with van der Waals surface area (Å²) >= 11 is 0. The average Bonchev–Trinajstić information content (AvgIpc) is 2.13. The van der Waals surface area contributed by atoms with Crippen LogP contribution in [0.1, 0.15) is 54.4 Å². The van der Waals surface area contributed by atoms with Crippen molar-refractivity contribution >= 4 is 5.91 Å². The Bertz CT molecular complexity index is 295. The van der Waals surface area contributed by atoms with Gasteiger partial charge in [-0.05, 0) is 45.6 Å². The van der Waals surface area contributed by atoms with Gasteiger partial charge in [0.05, 0.1) is 0 Å². The largest absolute Gasteiger partial charge is 0.334 e. The molecule has 3 heteroatoms. The van der Waals surface area contributed by atoms with Crippen LogP contribution in [0.5, 0.6) is 0 Å². The van der Waals surface area contributed by atoms with E-state index in [1.165, 1.54) is 0 Å². The summed E-state index contributed by atoms with van der Waals surface area (Å²) in [7, 11) is 0. The predicted molar refractivity (Wildman–Crippen MR) is 78.3 cm³/mol. The van der Waals surface area contributed by atoms with E-state index in [2.05, 4.69) is 27.4 Å². The predicted octanol–water partition coefficient (Wildman–Crippen LogP) is 2.95. The van der Waals surface area contributed by atoms with Crippen molar-refractivity contribution < 1.29 is 4.79 Å². The Kier molecular flexibility index (Phi) is 6.08. The van der Waals surface area contributed by atoms with E-state index in [1.54, 1.807) is 0 Å². The molecular formula is C15H30N2O. The van der Waals surface area contributed by atoms with Crippen molar-refractivity contribution in [1.29, 1.82) is 0 Å². The molecule has 0 spiro atoms. The van der Waals surface area contributed by atoms with Crippen molar-refractivity contribution in [3.8, 4) is 0 Å². The molecule has 0 atom stereocenters. The Hall–Kier alpha value is -0.830. The second-order valence-corrected chi connectivity index (χ2v) is 7.11. The lowest BCUT2D eigenvalue weighted by Crippen LogP contribution is -2.47. The molecule has 2 N–H and O–H groups in total. The van der Waals surface area contributed by atoms with Crippen LogP contribution >= 0.6 is 0 Å². The summed E-state index contributed by atoms with van der Waals surface area (Å²) in [5.74, 6) is 0.0610. The topological polar surface area (TPSA) is 46.3 Å². The number of hydrogen-bond donors (Lipinski definition) is 1. The van der Waals surface area contributed by atoms with Crippen molar-refractivity contribution in [1.82, 2.24) is 4.90 Å². The molecule has 0 aliphatic rings. The number of hydrogen-bond acceptors (Lipinski definition) is 2. The molecule has 0 aromatic carbocycles. The molecule has 0 unspecified atom stereocenters. The van der Waals surface area contributed by atoms with Gasteiger partial charge in [0.25, 0.3) is 0 Å². The van der Waals surface area contributed by atoms with E-state index in [9.17, 15) is 4.79 Å². The molecule has 106 valence electrons. The molecule has 0 aromatic rings. The number of amides is 1. The lowest BCUT2D eigenvalue weighted by molar-refractivity contribution is -0.132. The van der Waals surface area contributed by atoms with Gasteiger partial charge >= 0.3 is 0 Å². The van der Waals surface area contributed by atoms with Crippen LogP contribution in [0.25, 0.3) is 0 Å². The molecule has 1 amide bonds. The summed E-state index contributed by atoms with van der Waals surface area (Å²) in [6.07, 6.45) is 1.55. The molecule has 0 heterocycles. The molecular weight excluding hydrogens is 224 g/mol. The van der Waals surface area contributed by atoms with Gasteiger partial charge in [0, 0.05) is 17.7 Å². The van der Waals surface area contributed by atoms with Gasteiger partial charge in [0.2, 0.25) is 5.91 Å². The zero-order valence-electron chi connectivity index (χ0n) is 13.0. The van der Waals surface area contributed by atoms with E-state index < -0.39 is 0 Å². The van der Waals surface area contributed by atoms with Crippen molar-refractivity contribution in [2.24, 2.45) is 11.1 Å². The number of nitrogens with two attached hydrogens (primary N) is 1. The van der Waals surface area contributed by atoms with Gasteiger partial charge in [-0.3, -0.25) is 4.79 Å². The molecule has 0 aliphatic heterocycles. The summed E-state index contributed by atoms with van der Waals surface area (Å²) in [5, 5.41) is 0. The zero-order valence-corrected chi connectivity index (χ0v) is 13.0. The minimum atomic E-state index is -0.187. The first-order valence-electron chi connectivity index (χ1n) is 6.69. The first-order chi connectivity index (χ1) is 7.99. The van der Waals surface area contributed by atoms with E-state index in [0.717, 1.165) is 12.8 Å². The third-order valence-electron chi connectivity index (χ3n) is 2.69. The van der Waals surface area contributed by atoms with Crippen LogP contribution in [0.4, 0.5) is 0 Å². The highest BCUT2D eigenvalue weighted by Gasteiger charge is 2.28. The smallest absolute Gasteiger partial charge is 0.249 e. The summed E-state index contributed by atoms with van der Waals surface area (Å²) < 4.78 is 0. The number of carbonyl (C=O) groups excluding carboxylic acids is 1. The maximum Gasteiger partial charge on any atom is 0.249 e. The molecule has 0 radical (unpaired) electrons. The van der Waals surface area contributed by atoms with E-state index in [-0.39, 0.29) is 16.9 Å². The van der Waals surface area contributed by atoms with Gasteiger partial charge in [-0.2, -0.15) is 0 Å². The van der Waals surface area contributed by atoms with Gasteiger partial charge in [-0.1, -0.05) is 27.4 Å². The second kappa shape index (κ2) is 6.37. The molecule has 0 aromatic heterocycles. The van der Waals surface area contributed by atoms with Gasteiger partial charge in [-0.15, -0.1) is 0 Å². The normalized spacial score (nSPS) is 12.4. The van der Waals surface area contributed by atoms with Gasteiger partial charge in [0.1, 0.15) is 0 Å². The van der Waals surface area contributed by atoms with Crippen LogP contribution in [-0.2, 0) is 4.79 Å². The van der Waals surface area contributed by atoms with Crippen molar-refractivity contribution in [2.45, 2.75) is 59.9 Å². The Balaban J connectivity index is 4.81. The highest BCUT2D eigenvalue weighted by Crippen LogP contribution is 2.26. The monoisotopic (exact) mass is 254 g/mol. The maximum absolute atomic E-state index is 12.5. The molecule has 0 aliphatic carbocycles. The van der Waals surface area contributed by atoms with Crippen LogP contribution in [0.2, 0.25) is 0 Å². The SMILES string of the molecule is C=C(CC(C)(C)C)C(=O)N(CCCN)C(C)(C)C. The highest BCUT2D eigenvalue weighted by atomic mass is 16.2. The van der Waals surface area contributed by atoms with Gasteiger partial charge < -0.3 is 10.6 Å². The molecule has 0 fully saturated rings. The van der Waals surface area contributed by atoms with Crippen molar-refractivity contribution in [2.75, 3.05) is 13.1 Å². The summed E-state index contributed by atoms with van der Waals surface area (Å²) in [6, 6.07) is 0. The molecule has 3 nitrogen and oxygen atoms in total. The minimum absolute atomic E-state index is 0.0610. The summed E-state index contributed by atoms with van der Waals surface area (Å²) in [4.78, 5) is 14.3. The molecule has 0 rings (SSSR count). The fourth-order valence-electron chi connectivity index (χ4n) is 1.90. The van der Waals surface area contributed by atoms with E-state index in [4.69, 9.17) is 5.73 Å². The summed E-state index contributed by atoms with van der Waals surface area (Å²) in [5.41, 5.74) is 6.13. The highest BCUT2D eigenvalue weighted by molar-refractivity contribution is 5.93. The Morgan fingerprint density at radius 3 is 2.00 bits per heavy atom. The molecule has 18 heavy (non-hydrogen) atoms. The quantitative estimate of drug-likeness (QED) is 0.767. The first-order valence-corrected chi connectivity index (χ1v) is 6.69. The van der Waals surface area contributed by atoms with Crippen LogP contribution in [0.15, 0.2) is 12.2 Å². The minimum Gasteiger partial charge on any atom is -0.334 e. The summed E-state index contributed by atoms with van der Waals surface area (Å²) in [6.45, 7) is 17.8. The number of nitrogens with zero attached hydrogens (tertiary/aromatic N) is 1. The standard InChI is InChI=1S/C15H30N2O/c1-12(11-14(2,3)4)13(18)17(10-8-9-16)15(5,6)7/h1,8-11,16H2,2-7H3. The van der Waals surface area contributed by atoms with Crippen LogP contribution < -0.4 is 5.73 Å². The third kappa shape index (κ3) is 6.20. The fraction of sp³-hybridized carbons (Fsp3) is 0.800. The number of carbonyl (C=O) groups is 1. The lowest BCUT2D eigenvalue weighted by atomic mass is 9.87. The van der Waals surface area contributed by atoms with E-state index in [0.29, 0.717) is 18.7 Å². The Labute approximate surface area is 112 Å². The average molecular weight is 254 g/mol. The maximum atomic E-state index is 12.5. The molecule has 0 saturated carbocycles. The zero-order chi connectivity index (χ0) is 14.6. The second-order valence-electron chi connectivity index (χ2n) is 7.11.